The molecule has 0 N–H and O–H groups in total. The van der Waals surface area contributed by atoms with Gasteiger partial charge in [0, 0.05) is 37.5 Å². The lowest BCUT2D eigenvalue weighted by atomic mass is 10.4. The largest absolute Gasteiger partial charge is 0.352 e. The van der Waals surface area contributed by atoms with Crippen LogP contribution in [0.2, 0.25) is 0 Å². The van der Waals surface area contributed by atoms with Crippen LogP contribution < -0.4 is 0 Å². The van der Waals surface area contributed by atoms with E-state index in [1.807, 2.05) is 18.7 Å². The fourth-order valence-electron chi connectivity index (χ4n) is 1.94. The fraction of sp³-hybridized carbons (Fsp3) is 1.00. The van der Waals surface area contributed by atoms with Gasteiger partial charge < -0.3 is 9.47 Å². The average molecular weight is 297 g/mol. The van der Waals surface area contributed by atoms with E-state index in [-0.39, 0.29) is 6.29 Å². The van der Waals surface area contributed by atoms with Gasteiger partial charge in [-0.05, 0) is 13.8 Å². The first kappa shape index (κ1) is 16.2. The van der Waals surface area contributed by atoms with Crippen LogP contribution in [0.4, 0.5) is 0 Å². The Morgan fingerprint density at radius 2 is 1.94 bits per heavy atom. The first-order valence-corrected chi connectivity index (χ1v) is 9.33. The summed E-state index contributed by atoms with van der Waals surface area (Å²) in [6.45, 7) is 6.23. The lowest BCUT2D eigenvalue weighted by Crippen LogP contribution is -2.50. The van der Waals surface area contributed by atoms with Crippen LogP contribution in [0, 0.1) is 0 Å². The first-order chi connectivity index (χ1) is 8.49. The molecule has 0 aliphatic carbocycles. The first-order valence-electron chi connectivity index (χ1n) is 6.22. The van der Waals surface area contributed by atoms with Crippen molar-refractivity contribution in [3.05, 3.63) is 0 Å². The monoisotopic (exact) mass is 297 g/mol. The number of hydrogen-bond acceptors (Lipinski definition) is 6. The molecule has 0 radical (unpaired) electrons. The van der Waals surface area contributed by atoms with Crippen LogP contribution in [0.15, 0.2) is 0 Å². The Hall–Kier alpha value is 0.180. The summed E-state index contributed by atoms with van der Waals surface area (Å²) in [4.78, 5) is 1.96. The SMILES string of the molecule is CCOC(CN1CCSCC1S(C)(=O)=O)OCC. The minimum absolute atomic E-state index is 0.340. The molecule has 0 aromatic carbocycles. The minimum Gasteiger partial charge on any atom is -0.352 e. The Balaban J connectivity index is 2.65. The highest BCUT2D eigenvalue weighted by atomic mass is 32.2. The van der Waals surface area contributed by atoms with Crippen molar-refractivity contribution in [2.45, 2.75) is 25.5 Å². The average Bonchev–Trinajstić information content (AvgIpc) is 2.29. The highest BCUT2D eigenvalue weighted by molar-refractivity contribution is 8.00. The van der Waals surface area contributed by atoms with E-state index in [1.165, 1.54) is 6.26 Å². The maximum Gasteiger partial charge on any atom is 0.170 e. The van der Waals surface area contributed by atoms with E-state index >= 15 is 0 Å². The van der Waals surface area contributed by atoms with Gasteiger partial charge in [0.2, 0.25) is 0 Å². The van der Waals surface area contributed by atoms with Gasteiger partial charge in [-0.3, -0.25) is 4.90 Å². The zero-order valence-electron chi connectivity index (χ0n) is 11.3. The summed E-state index contributed by atoms with van der Waals surface area (Å²) in [5.74, 6) is 1.58. The molecule has 0 aromatic heterocycles. The number of sulfone groups is 1. The molecule has 1 rings (SSSR count). The van der Waals surface area contributed by atoms with Crippen molar-refractivity contribution in [1.29, 1.82) is 0 Å². The fourth-order valence-corrected chi connectivity index (χ4v) is 4.89. The number of nitrogens with zero attached hydrogens (tertiary/aromatic N) is 1. The van der Waals surface area contributed by atoms with Crippen LogP contribution in [-0.4, -0.2) is 69.0 Å². The lowest BCUT2D eigenvalue weighted by molar-refractivity contribution is -0.147. The van der Waals surface area contributed by atoms with Gasteiger partial charge in [0.05, 0.1) is 6.54 Å². The second kappa shape index (κ2) is 7.69. The highest BCUT2D eigenvalue weighted by Crippen LogP contribution is 2.21. The third-order valence-corrected chi connectivity index (χ3v) is 5.46. The highest BCUT2D eigenvalue weighted by Gasteiger charge is 2.32. The second-order valence-electron chi connectivity index (χ2n) is 4.19. The van der Waals surface area contributed by atoms with E-state index in [2.05, 4.69) is 0 Å². The molecule has 1 heterocycles. The van der Waals surface area contributed by atoms with Crippen LogP contribution >= 0.6 is 11.8 Å². The van der Waals surface area contributed by atoms with Crippen molar-refractivity contribution in [3.63, 3.8) is 0 Å². The van der Waals surface area contributed by atoms with Crippen LogP contribution in [0.3, 0.4) is 0 Å². The summed E-state index contributed by atoms with van der Waals surface area (Å²) in [7, 11) is -3.06. The van der Waals surface area contributed by atoms with Gasteiger partial charge in [0.25, 0.3) is 0 Å². The minimum atomic E-state index is -3.06. The normalized spacial score (nSPS) is 22.6. The molecule has 18 heavy (non-hydrogen) atoms. The number of ether oxygens (including phenoxy) is 2. The summed E-state index contributed by atoms with van der Waals surface area (Å²) < 4.78 is 34.5. The van der Waals surface area contributed by atoms with E-state index in [1.54, 1.807) is 11.8 Å². The smallest absolute Gasteiger partial charge is 0.170 e. The molecule has 1 aliphatic rings. The van der Waals surface area contributed by atoms with Gasteiger partial charge in [0.15, 0.2) is 16.1 Å². The summed E-state index contributed by atoms with van der Waals surface area (Å²) >= 11 is 1.68. The Labute approximate surface area is 114 Å². The van der Waals surface area contributed by atoms with E-state index in [9.17, 15) is 8.42 Å². The predicted molar refractivity (Wildman–Crippen MR) is 74.6 cm³/mol. The molecule has 5 nitrogen and oxygen atoms in total. The Morgan fingerprint density at radius 1 is 1.33 bits per heavy atom. The lowest BCUT2D eigenvalue weighted by Gasteiger charge is -2.35. The molecule has 0 spiro atoms. The van der Waals surface area contributed by atoms with Gasteiger partial charge in [-0.15, -0.1) is 0 Å². The molecule has 0 amide bonds. The number of hydrogen-bond donors (Lipinski definition) is 0. The summed E-state index contributed by atoms with van der Waals surface area (Å²) in [5.41, 5.74) is 0. The molecule has 1 aliphatic heterocycles. The van der Waals surface area contributed by atoms with E-state index < -0.39 is 15.2 Å². The Morgan fingerprint density at radius 3 is 2.44 bits per heavy atom. The van der Waals surface area contributed by atoms with Crippen molar-refractivity contribution in [2.75, 3.05) is 44.1 Å². The Bertz CT molecular complexity index is 328. The van der Waals surface area contributed by atoms with Crippen molar-refractivity contribution < 1.29 is 17.9 Å². The predicted octanol–water partition coefficient (Wildman–Crippen LogP) is 0.805. The molecule has 7 heteroatoms. The summed E-state index contributed by atoms with van der Waals surface area (Å²) in [6, 6.07) is 0. The number of rotatable bonds is 7. The van der Waals surface area contributed by atoms with Crippen LogP contribution in [0.25, 0.3) is 0 Å². The standard InChI is InChI=1S/C11H23NO4S2/c1-4-15-11(16-5-2)8-12-6-7-17-9-10(12)18(3,13)14/h10-11H,4-9H2,1-3H3. The summed E-state index contributed by atoms with van der Waals surface area (Å²) in [6.07, 6.45) is 0.958. The molecular weight excluding hydrogens is 274 g/mol. The molecule has 0 saturated carbocycles. The second-order valence-corrected chi connectivity index (χ2v) is 7.55. The Kier molecular flexibility index (Phi) is 6.94. The molecule has 108 valence electrons. The van der Waals surface area contributed by atoms with Crippen molar-refractivity contribution in [2.24, 2.45) is 0 Å². The van der Waals surface area contributed by atoms with Gasteiger partial charge >= 0.3 is 0 Å². The third kappa shape index (κ3) is 5.05. The van der Waals surface area contributed by atoms with Gasteiger partial charge in [-0.1, -0.05) is 0 Å². The maximum absolute atomic E-state index is 11.8. The van der Waals surface area contributed by atoms with Crippen molar-refractivity contribution in [1.82, 2.24) is 4.90 Å². The molecule has 1 saturated heterocycles. The van der Waals surface area contributed by atoms with Crippen molar-refractivity contribution in [3.8, 4) is 0 Å². The third-order valence-electron chi connectivity index (χ3n) is 2.77. The van der Waals surface area contributed by atoms with Crippen LogP contribution in [-0.2, 0) is 19.3 Å². The molecule has 1 fully saturated rings. The van der Waals surface area contributed by atoms with Crippen LogP contribution in [0.5, 0.6) is 0 Å². The topological polar surface area (TPSA) is 55.8 Å². The van der Waals surface area contributed by atoms with Crippen LogP contribution in [0.1, 0.15) is 13.8 Å². The molecule has 0 aromatic rings. The molecular formula is C11H23NO4S2. The molecule has 1 unspecified atom stereocenters. The van der Waals surface area contributed by atoms with Gasteiger partial charge in [-0.25, -0.2) is 8.42 Å². The zero-order valence-corrected chi connectivity index (χ0v) is 12.9. The van der Waals surface area contributed by atoms with E-state index in [0.717, 1.165) is 12.3 Å². The molecule has 0 bridgehead atoms. The number of thioether (sulfide) groups is 1. The van der Waals surface area contributed by atoms with Crippen molar-refractivity contribution >= 4 is 21.6 Å². The zero-order chi connectivity index (χ0) is 13.6. The molecule has 1 atom stereocenters. The maximum atomic E-state index is 11.8. The van der Waals surface area contributed by atoms with Gasteiger partial charge in [0.1, 0.15) is 5.37 Å². The summed E-state index contributed by atoms with van der Waals surface area (Å²) in [5, 5.41) is -0.417. The van der Waals surface area contributed by atoms with Gasteiger partial charge in [-0.2, -0.15) is 11.8 Å². The quantitative estimate of drug-likeness (QED) is 0.648. The van der Waals surface area contributed by atoms with E-state index in [0.29, 0.717) is 25.5 Å². The van der Waals surface area contributed by atoms with E-state index in [4.69, 9.17) is 9.47 Å².